The number of aliphatic hydroxyl groups is 1. The predicted octanol–water partition coefficient (Wildman–Crippen LogP) is 1.55. The molecule has 1 unspecified atom stereocenters. The molecule has 0 bridgehead atoms. The van der Waals surface area contributed by atoms with Crippen LogP contribution in [-0.2, 0) is 0 Å². The van der Waals surface area contributed by atoms with Gasteiger partial charge in [-0.25, -0.2) is 4.98 Å². The van der Waals surface area contributed by atoms with Gasteiger partial charge in [-0.3, -0.25) is 9.69 Å². The summed E-state index contributed by atoms with van der Waals surface area (Å²) in [6, 6.07) is 5.53. The van der Waals surface area contributed by atoms with Crippen LogP contribution in [0, 0.1) is 12.3 Å². The molecule has 0 spiro atoms. The zero-order valence-corrected chi connectivity index (χ0v) is 14.0. The Morgan fingerprint density at radius 2 is 1.91 bits per heavy atom. The molecule has 1 aliphatic heterocycles. The van der Waals surface area contributed by atoms with Crippen LogP contribution in [0.3, 0.4) is 0 Å². The summed E-state index contributed by atoms with van der Waals surface area (Å²) in [7, 11) is 0. The summed E-state index contributed by atoms with van der Waals surface area (Å²) in [6.07, 6.45) is -0.354. The van der Waals surface area contributed by atoms with Crippen LogP contribution >= 0.6 is 0 Å². The lowest BCUT2D eigenvalue weighted by atomic mass is 9.89. The lowest BCUT2D eigenvalue weighted by Crippen LogP contribution is -2.51. The first-order valence-corrected chi connectivity index (χ1v) is 7.91. The number of pyridine rings is 1. The van der Waals surface area contributed by atoms with Gasteiger partial charge in [0.15, 0.2) is 0 Å². The van der Waals surface area contributed by atoms with Crippen molar-refractivity contribution in [1.82, 2.24) is 14.8 Å². The van der Waals surface area contributed by atoms with Gasteiger partial charge in [-0.2, -0.15) is 0 Å². The number of aryl methyl sites for hydroxylation is 1. The molecule has 0 saturated carbocycles. The SMILES string of the molecule is Cc1cccc(C(=O)N2CCN(CC(O)C(C)(C)C)CC2)n1. The fraction of sp³-hybridized carbons (Fsp3) is 0.647. The Morgan fingerprint density at radius 1 is 1.27 bits per heavy atom. The number of β-amino-alcohol motifs (C(OH)–C–C–N with tert-alkyl or cyclic N) is 1. The number of rotatable bonds is 3. The Balaban J connectivity index is 1.88. The number of hydrogen-bond donors (Lipinski definition) is 1. The highest BCUT2D eigenvalue weighted by Crippen LogP contribution is 2.20. The third-order valence-electron chi connectivity index (χ3n) is 4.20. The molecule has 0 aliphatic carbocycles. The van der Waals surface area contributed by atoms with E-state index in [2.05, 4.69) is 9.88 Å². The summed E-state index contributed by atoms with van der Waals surface area (Å²) in [5.41, 5.74) is 1.26. The molecular formula is C17H27N3O2. The zero-order valence-electron chi connectivity index (χ0n) is 14.0. The van der Waals surface area contributed by atoms with E-state index < -0.39 is 0 Å². The summed E-state index contributed by atoms with van der Waals surface area (Å²) in [6.45, 7) is 11.6. The average Bonchev–Trinajstić information content (AvgIpc) is 2.46. The Kier molecular flexibility index (Phi) is 5.19. The van der Waals surface area contributed by atoms with Crippen molar-refractivity contribution in [2.24, 2.45) is 5.41 Å². The molecular weight excluding hydrogens is 278 g/mol. The minimum atomic E-state index is -0.354. The molecule has 122 valence electrons. The van der Waals surface area contributed by atoms with Crippen LogP contribution in [0.5, 0.6) is 0 Å². The van der Waals surface area contributed by atoms with Crippen molar-refractivity contribution in [2.75, 3.05) is 32.7 Å². The normalized spacial score (nSPS) is 18.3. The van der Waals surface area contributed by atoms with Crippen molar-refractivity contribution in [1.29, 1.82) is 0 Å². The minimum absolute atomic E-state index is 0.000259. The van der Waals surface area contributed by atoms with Gasteiger partial charge in [-0.15, -0.1) is 0 Å². The first kappa shape index (κ1) is 16.9. The van der Waals surface area contributed by atoms with Gasteiger partial charge in [0.25, 0.3) is 5.91 Å². The quantitative estimate of drug-likeness (QED) is 0.920. The van der Waals surface area contributed by atoms with Crippen molar-refractivity contribution < 1.29 is 9.90 Å². The third kappa shape index (κ3) is 4.27. The maximum absolute atomic E-state index is 12.4. The van der Waals surface area contributed by atoms with Gasteiger partial charge >= 0.3 is 0 Å². The molecule has 0 radical (unpaired) electrons. The van der Waals surface area contributed by atoms with Gasteiger partial charge < -0.3 is 10.0 Å². The van der Waals surface area contributed by atoms with E-state index in [-0.39, 0.29) is 17.4 Å². The van der Waals surface area contributed by atoms with E-state index in [0.29, 0.717) is 25.3 Å². The molecule has 2 heterocycles. The molecule has 1 atom stereocenters. The highest BCUT2D eigenvalue weighted by Gasteiger charge is 2.28. The van der Waals surface area contributed by atoms with Crippen LogP contribution in [0.2, 0.25) is 0 Å². The van der Waals surface area contributed by atoms with Gasteiger partial charge in [0.1, 0.15) is 5.69 Å². The molecule has 1 amide bonds. The maximum atomic E-state index is 12.4. The second kappa shape index (κ2) is 6.75. The van der Waals surface area contributed by atoms with E-state index >= 15 is 0 Å². The van der Waals surface area contributed by atoms with E-state index in [1.54, 1.807) is 6.07 Å². The summed E-state index contributed by atoms with van der Waals surface area (Å²) in [5, 5.41) is 10.2. The van der Waals surface area contributed by atoms with Crippen LogP contribution in [0.25, 0.3) is 0 Å². The van der Waals surface area contributed by atoms with Gasteiger partial charge in [-0.1, -0.05) is 26.8 Å². The smallest absolute Gasteiger partial charge is 0.272 e. The number of aliphatic hydroxyl groups excluding tert-OH is 1. The fourth-order valence-corrected chi connectivity index (χ4v) is 2.48. The van der Waals surface area contributed by atoms with Crippen LogP contribution in [0.1, 0.15) is 37.0 Å². The van der Waals surface area contributed by atoms with E-state index in [1.807, 2.05) is 44.7 Å². The summed E-state index contributed by atoms with van der Waals surface area (Å²) in [5.74, 6) is -0.000259. The van der Waals surface area contributed by atoms with Crippen molar-refractivity contribution in [3.63, 3.8) is 0 Å². The third-order valence-corrected chi connectivity index (χ3v) is 4.20. The number of carbonyl (C=O) groups excluding carboxylic acids is 1. The lowest BCUT2D eigenvalue weighted by Gasteiger charge is -2.37. The number of aromatic nitrogens is 1. The first-order chi connectivity index (χ1) is 10.3. The highest BCUT2D eigenvalue weighted by atomic mass is 16.3. The van der Waals surface area contributed by atoms with Crippen molar-refractivity contribution >= 4 is 5.91 Å². The molecule has 2 rings (SSSR count). The van der Waals surface area contributed by atoms with Crippen molar-refractivity contribution in [3.8, 4) is 0 Å². The molecule has 1 aliphatic rings. The lowest BCUT2D eigenvalue weighted by molar-refractivity contribution is 0.0136. The zero-order chi connectivity index (χ0) is 16.3. The molecule has 5 nitrogen and oxygen atoms in total. The van der Waals surface area contributed by atoms with Gasteiger partial charge in [-0.05, 0) is 24.5 Å². The second-order valence-electron chi connectivity index (χ2n) is 7.14. The monoisotopic (exact) mass is 305 g/mol. The van der Waals surface area contributed by atoms with Crippen LogP contribution in [0.15, 0.2) is 18.2 Å². The van der Waals surface area contributed by atoms with Crippen molar-refractivity contribution in [2.45, 2.75) is 33.8 Å². The molecule has 1 aromatic heterocycles. The number of piperazine rings is 1. The molecule has 1 aromatic rings. The number of hydrogen-bond acceptors (Lipinski definition) is 4. The van der Waals surface area contributed by atoms with Crippen molar-refractivity contribution in [3.05, 3.63) is 29.6 Å². The van der Waals surface area contributed by atoms with E-state index in [9.17, 15) is 9.90 Å². The Hall–Kier alpha value is -1.46. The highest BCUT2D eigenvalue weighted by molar-refractivity contribution is 5.92. The summed E-state index contributed by atoms with van der Waals surface area (Å²) in [4.78, 5) is 20.8. The number of nitrogens with zero attached hydrogens (tertiary/aromatic N) is 3. The molecule has 1 N–H and O–H groups in total. The van der Waals surface area contributed by atoms with Crippen LogP contribution in [0.4, 0.5) is 0 Å². The van der Waals surface area contributed by atoms with Gasteiger partial charge in [0, 0.05) is 38.4 Å². The predicted molar refractivity (Wildman–Crippen MR) is 86.8 cm³/mol. The Bertz CT molecular complexity index is 517. The summed E-state index contributed by atoms with van der Waals surface area (Å²) >= 11 is 0. The number of carbonyl (C=O) groups is 1. The maximum Gasteiger partial charge on any atom is 0.272 e. The van der Waals surface area contributed by atoms with Crippen LogP contribution in [-0.4, -0.2) is 64.6 Å². The molecule has 5 heteroatoms. The molecule has 0 aromatic carbocycles. The van der Waals surface area contributed by atoms with Crippen LogP contribution < -0.4 is 0 Å². The van der Waals surface area contributed by atoms with E-state index in [0.717, 1.165) is 18.8 Å². The first-order valence-electron chi connectivity index (χ1n) is 7.91. The average molecular weight is 305 g/mol. The minimum Gasteiger partial charge on any atom is -0.391 e. The topological polar surface area (TPSA) is 56.7 Å². The molecule has 22 heavy (non-hydrogen) atoms. The largest absolute Gasteiger partial charge is 0.391 e. The Labute approximate surface area is 132 Å². The van der Waals surface area contributed by atoms with Gasteiger partial charge in [0.2, 0.25) is 0 Å². The Morgan fingerprint density at radius 3 is 2.45 bits per heavy atom. The second-order valence-corrected chi connectivity index (χ2v) is 7.14. The standard InChI is InChI=1S/C17H27N3O2/c1-13-6-5-7-14(18-13)16(22)20-10-8-19(9-11-20)12-15(21)17(2,3)4/h5-7,15,21H,8-12H2,1-4H3. The molecule has 1 saturated heterocycles. The fourth-order valence-electron chi connectivity index (χ4n) is 2.48. The number of amides is 1. The summed E-state index contributed by atoms with van der Waals surface area (Å²) < 4.78 is 0. The molecule has 1 fully saturated rings. The van der Waals surface area contributed by atoms with E-state index in [4.69, 9.17) is 0 Å². The van der Waals surface area contributed by atoms with E-state index in [1.165, 1.54) is 0 Å². The van der Waals surface area contributed by atoms with Gasteiger partial charge in [0.05, 0.1) is 6.10 Å².